The fourth-order valence-corrected chi connectivity index (χ4v) is 6.16. The molecular weight excluding hydrogens is 557 g/mol. The van der Waals surface area contributed by atoms with Crippen molar-refractivity contribution in [2.24, 2.45) is 0 Å². The van der Waals surface area contributed by atoms with E-state index in [4.69, 9.17) is 4.74 Å². The number of hydrogen-bond acceptors (Lipinski definition) is 6. The zero-order chi connectivity index (χ0) is 28.9. The van der Waals surface area contributed by atoms with Crippen molar-refractivity contribution in [3.8, 4) is 5.75 Å². The number of carbonyl (C=O) groups is 1. The van der Waals surface area contributed by atoms with Crippen LogP contribution in [0.25, 0.3) is 0 Å². The van der Waals surface area contributed by atoms with Crippen LogP contribution in [0.15, 0.2) is 107 Å². The van der Waals surface area contributed by atoms with Gasteiger partial charge in [0.05, 0.1) is 22.6 Å². The van der Waals surface area contributed by atoms with Gasteiger partial charge in [0.25, 0.3) is 20.0 Å². The number of anilines is 3. The average molecular weight is 584 g/mol. The summed E-state index contributed by atoms with van der Waals surface area (Å²) in [6.45, 7) is 1.26. The molecular formula is C28H26FN3O6S2. The number of methoxy groups -OCH3 is 1. The second-order valence-electron chi connectivity index (χ2n) is 8.71. The first-order valence-corrected chi connectivity index (χ1v) is 14.8. The van der Waals surface area contributed by atoms with Crippen molar-refractivity contribution in [3.63, 3.8) is 0 Å². The molecule has 9 nitrogen and oxygen atoms in total. The van der Waals surface area contributed by atoms with Crippen molar-refractivity contribution in [2.75, 3.05) is 28.0 Å². The number of aryl methyl sites for hydroxylation is 1. The molecule has 0 bridgehead atoms. The van der Waals surface area contributed by atoms with Gasteiger partial charge in [0.15, 0.2) is 0 Å². The highest BCUT2D eigenvalue weighted by molar-refractivity contribution is 7.93. The number of nitrogens with one attached hydrogen (secondary N) is 2. The molecule has 12 heteroatoms. The lowest BCUT2D eigenvalue weighted by Gasteiger charge is -2.24. The van der Waals surface area contributed by atoms with E-state index in [2.05, 4.69) is 10.0 Å². The molecule has 0 spiro atoms. The zero-order valence-electron chi connectivity index (χ0n) is 21.5. The maximum absolute atomic E-state index is 13.5. The van der Waals surface area contributed by atoms with Crippen molar-refractivity contribution in [2.45, 2.75) is 16.7 Å². The van der Waals surface area contributed by atoms with Crippen LogP contribution < -0.4 is 19.1 Å². The third-order valence-corrected chi connectivity index (χ3v) is 8.99. The quantitative estimate of drug-likeness (QED) is 0.277. The predicted octanol–water partition coefficient (Wildman–Crippen LogP) is 4.78. The molecule has 0 saturated heterocycles. The third kappa shape index (κ3) is 6.77. The minimum absolute atomic E-state index is 0.0268. The number of hydrogen-bond donors (Lipinski definition) is 2. The Hall–Kier alpha value is -4.42. The van der Waals surface area contributed by atoms with Crippen LogP contribution in [0.5, 0.6) is 5.75 Å². The Labute approximate surface area is 232 Å². The molecule has 4 aromatic carbocycles. The van der Waals surface area contributed by atoms with Crippen molar-refractivity contribution in [1.29, 1.82) is 0 Å². The van der Waals surface area contributed by atoms with Crippen LogP contribution in [0.4, 0.5) is 21.5 Å². The van der Waals surface area contributed by atoms with Crippen molar-refractivity contribution in [3.05, 3.63) is 108 Å². The Morgan fingerprint density at radius 2 is 1.32 bits per heavy atom. The topological polar surface area (TPSA) is 122 Å². The summed E-state index contributed by atoms with van der Waals surface area (Å²) in [6.07, 6.45) is 0. The minimum atomic E-state index is -4.23. The van der Waals surface area contributed by atoms with Gasteiger partial charge in [-0.15, -0.1) is 0 Å². The molecule has 4 aromatic rings. The zero-order valence-corrected chi connectivity index (χ0v) is 23.2. The normalized spacial score (nSPS) is 11.5. The molecule has 2 N–H and O–H groups in total. The Kier molecular flexibility index (Phi) is 8.40. The molecule has 0 unspecified atom stereocenters. The Balaban J connectivity index is 1.52. The summed E-state index contributed by atoms with van der Waals surface area (Å²) in [7, 11) is -6.66. The Morgan fingerprint density at radius 1 is 0.775 bits per heavy atom. The van der Waals surface area contributed by atoms with Gasteiger partial charge in [0.2, 0.25) is 5.91 Å². The first-order chi connectivity index (χ1) is 19.0. The van der Waals surface area contributed by atoms with Gasteiger partial charge >= 0.3 is 0 Å². The number of rotatable bonds is 10. The summed E-state index contributed by atoms with van der Waals surface area (Å²) in [4.78, 5) is 12.8. The summed E-state index contributed by atoms with van der Waals surface area (Å²) in [5, 5.41) is 2.58. The number of sulfonamides is 2. The van der Waals surface area contributed by atoms with Crippen LogP contribution in [0.3, 0.4) is 0 Å². The van der Waals surface area contributed by atoms with Gasteiger partial charge in [0, 0.05) is 11.4 Å². The summed E-state index contributed by atoms with van der Waals surface area (Å²) in [5.74, 6) is -0.818. The molecule has 0 saturated carbocycles. The molecule has 4 rings (SSSR count). The highest BCUT2D eigenvalue weighted by Gasteiger charge is 2.27. The number of carbonyl (C=O) groups excluding carboxylic acids is 1. The molecule has 1 amide bonds. The SMILES string of the molecule is COc1ccc(S(=O)(=O)N(CC(=O)Nc2ccc(S(=O)(=O)Nc3ccc(C)cc3)cc2)c2ccc(F)cc2)cc1. The summed E-state index contributed by atoms with van der Waals surface area (Å²) >= 11 is 0. The van der Waals surface area contributed by atoms with Crippen molar-refractivity contribution >= 4 is 43.0 Å². The Bertz CT molecular complexity index is 1690. The lowest BCUT2D eigenvalue weighted by molar-refractivity contribution is -0.114. The predicted molar refractivity (Wildman–Crippen MR) is 151 cm³/mol. The molecule has 0 atom stereocenters. The molecule has 40 heavy (non-hydrogen) atoms. The first-order valence-electron chi connectivity index (χ1n) is 11.9. The molecule has 0 radical (unpaired) electrons. The molecule has 0 aromatic heterocycles. The molecule has 0 heterocycles. The number of nitrogens with zero attached hydrogens (tertiary/aromatic N) is 1. The lowest BCUT2D eigenvalue weighted by atomic mass is 10.2. The van der Waals surface area contributed by atoms with Gasteiger partial charge < -0.3 is 10.1 Å². The van der Waals surface area contributed by atoms with Gasteiger partial charge in [-0.2, -0.15) is 0 Å². The fourth-order valence-electron chi connectivity index (χ4n) is 3.68. The molecule has 208 valence electrons. The van der Waals surface area contributed by atoms with Gasteiger partial charge in [0.1, 0.15) is 18.1 Å². The molecule has 0 fully saturated rings. The molecule has 0 aliphatic carbocycles. The second kappa shape index (κ2) is 11.8. The van der Waals surface area contributed by atoms with E-state index in [-0.39, 0.29) is 21.2 Å². The highest BCUT2D eigenvalue weighted by atomic mass is 32.2. The van der Waals surface area contributed by atoms with Crippen LogP contribution in [-0.4, -0.2) is 36.4 Å². The van der Waals surface area contributed by atoms with E-state index in [1.807, 2.05) is 6.92 Å². The van der Waals surface area contributed by atoms with Crippen LogP contribution in [0, 0.1) is 12.7 Å². The van der Waals surface area contributed by atoms with Crippen LogP contribution >= 0.6 is 0 Å². The summed E-state index contributed by atoms with van der Waals surface area (Å²) < 4.78 is 74.4. The van der Waals surface area contributed by atoms with Crippen LogP contribution in [-0.2, 0) is 24.8 Å². The maximum atomic E-state index is 13.5. The van der Waals surface area contributed by atoms with Crippen LogP contribution in [0.2, 0.25) is 0 Å². The second-order valence-corrected chi connectivity index (χ2v) is 12.3. The third-order valence-electron chi connectivity index (χ3n) is 5.80. The van der Waals surface area contributed by atoms with Gasteiger partial charge in [-0.25, -0.2) is 21.2 Å². The average Bonchev–Trinajstić information content (AvgIpc) is 2.94. The fraction of sp³-hybridized carbons (Fsp3) is 0.107. The highest BCUT2D eigenvalue weighted by Crippen LogP contribution is 2.26. The van der Waals surface area contributed by atoms with Crippen LogP contribution in [0.1, 0.15) is 5.56 Å². The number of benzene rings is 4. The smallest absolute Gasteiger partial charge is 0.264 e. The van der Waals surface area contributed by atoms with E-state index in [0.29, 0.717) is 11.4 Å². The largest absolute Gasteiger partial charge is 0.497 e. The van der Waals surface area contributed by atoms with E-state index in [1.165, 1.54) is 67.8 Å². The van der Waals surface area contributed by atoms with E-state index in [0.717, 1.165) is 22.0 Å². The molecule has 0 aliphatic heterocycles. The monoisotopic (exact) mass is 583 g/mol. The molecule has 0 aliphatic rings. The lowest BCUT2D eigenvalue weighted by Crippen LogP contribution is -2.38. The first kappa shape index (κ1) is 28.6. The van der Waals surface area contributed by atoms with Gasteiger partial charge in [-0.3, -0.25) is 13.8 Å². The van der Waals surface area contributed by atoms with E-state index in [9.17, 15) is 26.0 Å². The van der Waals surface area contributed by atoms with Crippen molar-refractivity contribution in [1.82, 2.24) is 0 Å². The summed E-state index contributed by atoms with van der Waals surface area (Å²) in [5.41, 5.74) is 1.72. The van der Waals surface area contributed by atoms with Gasteiger partial charge in [-0.05, 0) is 91.9 Å². The van der Waals surface area contributed by atoms with Gasteiger partial charge in [-0.1, -0.05) is 17.7 Å². The number of ether oxygens (including phenoxy) is 1. The Morgan fingerprint density at radius 3 is 1.90 bits per heavy atom. The summed E-state index contributed by atoms with van der Waals surface area (Å²) in [6, 6.07) is 22.6. The number of amides is 1. The standard InChI is InChI=1S/C28H26FN3O6S2/c1-20-3-7-23(8-4-20)31-39(34,35)26-15-9-22(10-16-26)30-28(33)19-32(24-11-5-21(29)6-12-24)40(36,37)27-17-13-25(38-2)14-18-27/h3-18,31H,19H2,1-2H3,(H,30,33). The maximum Gasteiger partial charge on any atom is 0.264 e. The van der Waals surface area contributed by atoms with E-state index < -0.39 is 38.3 Å². The number of halogens is 1. The minimum Gasteiger partial charge on any atom is -0.497 e. The van der Waals surface area contributed by atoms with E-state index in [1.54, 1.807) is 24.3 Å². The van der Waals surface area contributed by atoms with E-state index >= 15 is 0 Å². The van der Waals surface area contributed by atoms with Crippen molar-refractivity contribution < 1.29 is 30.8 Å².